The van der Waals surface area contributed by atoms with E-state index in [-0.39, 0.29) is 10.7 Å². The molecule has 0 saturated heterocycles. The molecule has 0 fully saturated rings. The maximum atomic E-state index is 11.8. The van der Waals surface area contributed by atoms with Crippen molar-refractivity contribution in [3.63, 3.8) is 0 Å². The van der Waals surface area contributed by atoms with Crippen LogP contribution in [0.3, 0.4) is 0 Å². The zero-order valence-corrected chi connectivity index (χ0v) is 18.0. The van der Waals surface area contributed by atoms with Crippen LogP contribution in [0.1, 0.15) is 5.69 Å². The van der Waals surface area contributed by atoms with Gasteiger partial charge in [-0.1, -0.05) is 30.3 Å². The van der Waals surface area contributed by atoms with E-state index in [1.165, 1.54) is 18.5 Å². The third kappa shape index (κ3) is 4.27. The van der Waals surface area contributed by atoms with Crippen molar-refractivity contribution in [2.45, 2.75) is 11.4 Å². The fourth-order valence-corrected chi connectivity index (χ4v) is 3.91. The maximum absolute atomic E-state index is 11.8. The Bertz CT molecular complexity index is 1540. The highest BCUT2D eigenvalue weighted by Crippen LogP contribution is 2.31. The van der Waals surface area contributed by atoms with Gasteiger partial charge in [-0.2, -0.15) is 0 Å². The minimum Gasteiger partial charge on any atom is -0.362 e. The number of aromatic nitrogens is 6. The number of benzene rings is 1. The van der Waals surface area contributed by atoms with E-state index in [1.807, 2.05) is 42.6 Å². The highest BCUT2D eigenvalue weighted by molar-refractivity contribution is 7.89. The Morgan fingerprint density at radius 1 is 0.970 bits per heavy atom. The van der Waals surface area contributed by atoms with Crippen molar-refractivity contribution in [3.05, 3.63) is 85.3 Å². The minimum absolute atomic E-state index is 0.116. The third-order valence-corrected chi connectivity index (χ3v) is 5.83. The smallest absolute Gasteiger partial charge is 0.239 e. The van der Waals surface area contributed by atoms with Crippen LogP contribution < -0.4 is 10.5 Å². The summed E-state index contributed by atoms with van der Waals surface area (Å²) in [4.78, 5) is 17.0. The van der Waals surface area contributed by atoms with E-state index < -0.39 is 10.0 Å². The molecular formula is C22H18N8O2S. The molecule has 0 radical (unpaired) electrons. The second-order valence-electron chi connectivity index (χ2n) is 7.18. The summed E-state index contributed by atoms with van der Waals surface area (Å²) in [5, 5.41) is 13.2. The molecular weight excluding hydrogens is 440 g/mol. The van der Waals surface area contributed by atoms with Crippen molar-refractivity contribution in [2.75, 3.05) is 5.32 Å². The van der Waals surface area contributed by atoms with Crippen LogP contribution in [0, 0.1) is 0 Å². The molecule has 0 bridgehead atoms. The average Bonchev–Trinajstić information content (AvgIpc) is 3.28. The number of nitrogens with zero attached hydrogens (tertiary/aromatic N) is 6. The molecule has 0 aliphatic heterocycles. The highest BCUT2D eigenvalue weighted by atomic mass is 32.2. The lowest BCUT2D eigenvalue weighted by Gasteiger charge is -2.11. The van der Waals surface area contributed by atoms with E-state index in [0.717, 1.165) is 22.3 Å². The van der Waals surface area contributed by atoms with Crippen molar-refractivity contribution < 1.29 is 8.42 Å². The number of sulfonamides is 1. The zero-order chi connectivity index (χ0) is 22.8. The SMILES string of the molecule is NS(=O)(=O)c1cncc(-c2nc(NCc3cnccn3)c3c(-c4ccccc4)ccn3n2)c1. The molecule has 5 rings (SSSR count). The van der Waals surface area contributed by atoms with Gasteiger partial charge in [0.05, 0.1) is 18.4 Å². The second-order valence-corrected chi connectivity index (χ2v) is 8.74. The Labute approximate surface area is 189 Å². The molecule has 4 heterocycles. The molecule has 164 valence electrons. The van der Waals surface area contributed by atoms with Crippen molar-refractivity contribution in [1.82, 2.24) is 29.5 Å². The first-order valence-electron chi connectivity index (χ1n) is 9.91. The van der Waals surface area contributed by atoms with E-state index in [4.69, 9.17) is 10.1 Å². The fraction of sp³-hybridized carbons (Fsp3) is 0.0455. The Kier molecular flexibility index (Phi) is 5.24. The van der Waals surface area contributed by atoms with Gasteiger partial charge in [0.15, 0.2) is 11.6 Å². The fourth-order valence-electron chi connectivity index (χ4n) is 3.41. The number of nitrogens with two attached hydrogens (primary N) is 1. The normalized spacial score (nSPS) is 11.5. The minimum atomic E-state index is -3.92. The molecule has 0 aliphatic rings. The second kappa shape index (κ2) is 8.37. The van der Waals surface area contributed by atoms with Crippen LogP contribution in [0.5, 0.6) is 0 Å². The van der Waals surface area contributed by atoms with E-state index in [0.29, 0.717) is 17.9 Å². The lowest BCUT2D eigenvalue weighted by Crippen LogP contribution is -2.13. The number of hydrogen-bond donors (Lipinski definition) is 2. The first-order chi connectivity index (χ1) is 16.0. The van der Waals surface area contributed by atoms with Crippen LogP contribution in [-0.2, 0) is 16.6 Å². The number of hydrogen-bond acceptors (Lipinski definition) is 8. The van der Waals surface area contributed by atoms with Gasteiger partial charge in [-0.3, -0.25) is 15.0 Å². The van der Waals surface area contributed by atoms with E-state index in [9.17, 15) is 8.42 Å². The van der Waals surface area contributed by atoms with E-state index >= 15 is 0 Å². The van der Waals surface area contributed by atoms with Crippen LogP contribution in [0.25, 0.3) is 28.0 Å². The summed E-state index contributed by atoms with van der Waals surface area (Å²) in [5.41, 5.74) is 3.88. The lowest BCUT2D eigenvalue weighted by molar-refractivity contribution is 0.597. The Balaban J connectivity index is 1.65. The first kappa shape index (κ1) is 20.7. The third-order valence-electron chi connectivity index (χ3n) is 4.95. The van der Waals surface area contributed by atoms with Gasteiger partial charge < -0.3 is 5.32 Å². The van der Waals surface area contributed by atoms with Gasteiger partial charge >= 0.3 is 0 Å². The zero-order valence-electron chi connectivity index (χ0n) is 17.2. The molecule has 1 aromatic carbocycles. The standard InChI is InChI=1S/C22H18N8O2S/c23-33(31,32)18-10-16(11-25-14-18)21-28-22(27-13-17-12-24-7-8-26-17)20-19(6-9-30(20)29-21)15-4-2-1-3-5-15/h1-12,14H,13H2,(H2,23,31,32)(H,27,28,29). The number of anilines is 1. The molecule has 0 unspecified atom stereocenters. The maximum Gasteiger partial charge on any atom is 0.239 e. The Morgan fingerprint density at radius 3 is 2.58 bits per heavy atom. The summed E-state index contributed by atoms with van der Waals surface area (Å²) < 4.78 is 25.3. The molecule has 5 aromatic rings. The summed E-state index contributed by atoms with van der Waals surface area (Å²) in [6, 6.07) is 13.3. The highest BCUT2D eigenvalue weighted by Gasteiger charge is 2.17. The van der Waals surface area contributed by atoms with Crippen LogP contribution in [0.15, 0.2) is 84.5 Å². The van der Waals surface area contributed by atoms with Gasteiger partial charge in [0.1, 0.15) is 10.4 Å². The first-order valence-corrected chi connectivity index (χ1v) is 11.5. The molecule has 0 saturated carbocycles. The molecule has 4 aromatic heterocycles. The number of nitrogens with one attached hydrogen (secondary N) is 1. The number of pyridine rings is 1. The quantitative estimate of drug-likeness (QED) is 0.395. The van der Waals surface area contributed by atoms with E-state index in [1.54, 1.807) is 23.1 Å². The Hall–Kier alpha value is -4.22. The van der Waals surface area contributed by atoms with Crippen molar-refractivity contribution in [3.8, 4) is 22.5 Å². The van der Waals surface area contributed by atoms with Gasteiger partial charge in [-0.25, -0.2) is 23.1 Å². The van der Waals surface area contributed by atoms with Crippen LogP contribution >= 0.6 is 0 Å². The lowest BCUT2D eigenvalue weighted by atomic mass is 10.1. The van der Waals surface area contributed by atoms with Crippen LogP contribution in [-0.4, -0.2) is 38.0 Å². The van der Waals surface area contributed by atoms with Crippen molar-refractivity contribution in [2.24, 2.45) is 5.14 Å². The van der Waals surface area contributed by atoms with Gasteiger partial charge in [-0.15, -0.1) is 5.10 Å². The monoisotopic (exact) mass is 458 g/mol. The largest absolute Gasteiger partial charge is 0.362 e. The summed E-state index contributed by atoms with van der Waals surface area (Å²) >= 11 is 0. The molecule has 33 heavy (non-hydrogen) atoms. The molecule has 0 spiro atoms. The van der Waals surface area contributed by atoms with Gasteiger partial charge in [0, 0.05) is 42.1 Å². The predicted molar refractivity (Wildman–Crippen MR) is 122 cm³/mol. The topological polar surface area (TPSA) is 141 Å². The van der Waals surface area contributed by atoms with Crippen molar-refractivity contribution >= 4 is 21.4 Å². The van der Waals surface area contributed by atoms with E-state index in [2.05, 4.69) is 25.4 Å². The van der Waals surface area contributed by atoms with Crippen LogP contribution in [0.2, 0.25) is 0 Å². The number of rotatable bonds is 6. The molecule has 0 amide bonds. The molecule has 0 atom stereocenters. The van der Waals surface area contributed by atoms with Crippen LogP contribution in [0.4, 0.5) is 5.82 Å². The number of fused-ring (bicyclic) bond motifs is 1. The average molecular weight is 459 g/mol. The molecule has 3 N–H and O–H groups in total. The van der Waals surface area contributed by atoms with Gasteiger partial charge in [0.2, 0.25) is 10.0 Å². The molecule has 10 nitrogen and oxygen atoms in total. The summed E-state index contributed by atoms with van der Waals surface area (Å²) in [5.74, 6) is 0.841. The predicted octanol–water partition coefficient (Wildman–Crippen LogP) is 2.51. The Morgan fingerprint density at radius 2 is 1.82 bits per heavy atom. The van der Waals surface area contributed by atoms with Gasteiger partial charge in [0.25, 0.3) is 0 Å². The number of primary sulfonamides is 1. The summed E-state index contributed by atoms with van der Waals surface area (Å²) in [6.45, 7) is 0.384. The summed E-state index contributed by atoms with van der Waals surface area (Å²) in [7, 11) is -3.92. The summed E-state index contributed by atoms with van der Waals surface area (Å²) in [6.07, 6.45) is 9.40. The molecule has 11 heteroatoms. The van der Waals surface area contributed by atoms with Gasteiger partial charge in [-0.05, 0) is 17.7 Å². The molecule has 0 aliphatic carbocycles. The van der Waals surface area contributed by atoms with Crippen molar-refractivity contribution in [1.29, 1.82) is 0 Å².